The zero-order chi connectivity index (χ0) is 45.8. The Hall–Kier alpha value is -6.17. The molecular weight excluding hydrogens is 821 g/mol. The number of ketones is 2. The highest BCUT2D eigenvalue weighted by molar-refractivity contribution is 6.00. The van der Waals surface area contributed by atoms with Crippen LogP contribution in [0.15, 0.2) is 84.9 Å². The summed E-state index contributed by atoms with van der Waals surface area (Å²) in [6.07, 6.45) is -3.24. The van der Waals surface area contributed by atoms with Crippen molar-refractivity contribution in [3.05, 3.63) is 130 Å². The van der Waals surface area contributed by atoms with Crippen molar-refractivity contribution in [1.82, 2.24) is 24.9 Å². The molecule has 4 aromatic rings. The van der Waals surface area contributed by atoms with Crippen molar-refractivity contribution < 1.29 is 41.5 Å². The molecule has 2 saturated heterocycles. The number of likely N-dealkylation sites (N-methyl/N-ethyl adjacent to an activating group) is 2. The minimum absolute atomic E-state index is 0.0585. The van der Waals surface area contributed by atoms with Gasteiger partial charge in [-0.05, 0) is 75.5 Å². The maximum Gasteiger partial charge on any atom is 0.324 e. The van der Waals surface area contributed by atoms with E-state index in [4.69, 9.17) is 5.73 Å². The van der Waals surface area contributed by atoms with Gasteiger partial charge in [0.25, 0.3) is 5.91 Å². The lowest BCUT2D eigenvalue weighted by atomic mass is 10.1. The van der Waals surface area contributed by atoms with Crippen molar-refractivity contribution in [3.63, 3.8) is 0 Å². The highest BCUT2D eigenvalue weighted by Crippen LogP contribution is 2.25. The number of rotatable bonds is 12. The van der Waals surface area contributed by atoms with E-state index in [2.05, 4.69) is 9.80 Å². The number of benzene rings is 4. The number of nitrogens with zero attached hydrogens (tertiary/aromatic N) is 6. The van der Waals surface area contributed by atoms with E-state index in [1.54, 1.807) is 38.2 Å². The maximum atomic E-state index is 14.9. The lowest BCUT2D eigenvalue weighted by Gasteiger charge is -2.36. The number of carbonyl (C=O) groups excluding carboxylic acids is 5. The third-order valence-corrected chi connectivity index (χ3v) is 10.8. The van der Waals surface area contributed by atoms with Gasteiger partial charge in [0.2, 0.25) is 0 Å². The highest BCUT2D eigenvalue weighted by Gasteiger charge is 2.28. The van der Waals surface area contributed by atoms with Crippen molar-refractivity contribution in [1.29, 1.82) is 0 Å². The average molecular weight is 875 g/mol. The molecule has 17 heteroatoms. The second kappa shape index (κ2) is 22.3. The number of aryl methyl sites for hydroxylation is 2. The number of hydrogen-bond acceptors (Lipinski definition) is 8. The smallest absolute Gasteiger partial charge is 0.324 e. The third kappa shape index (κ3) is 13.2. The number of carbonyl (C=O) groups is 5. The molecule has 63 heavy (non-hydrogen) atoms. The van der Waals surface area contributed by atoms with Crippen LogP contribution in [-0.2, 0) is 17.9 Å². The summed E-state index contributed by atoms with van der Waals surface area (Å²) < 4.78 is 54.2. The van der Waals surface area contributed by atoms with Gasteiger partial charge in [-0.2, -0.15) is 8.78 Å². The summed E-state index contributed by atoms with van der Waals surface area (Å²) in [5, 5.41) is 1.81. The van der Waals surface area contributed by atoms with E-state index in [9.17, 15) is 41.5 Å². The van der Waals surface area contributed by atoms with Crippen LogP contribution >= 0.6 is 0 Å². The number of nitrogens with one attached hydrogen (secondary N) is 1. The molecule has 6 rings (SSSR count). The lowest BCUT2D eigenvalue weighted by Crippen LogP contribution is -2.52. The summed E-state index contributed by atoms with van der Waals surface area (Å²) >= 11 is 0. The Labute approximate surface area is 365 Å². The highest BCUT2D eigenvalue weighted by atomic mass is 19.3. The molecule has 0 bridgehead atoms. The number of nitrogens with two attached hydrogens (primary N) is 1. The van der Waals surface area contributed by atoms with Crippen molar-refractivity contribution >= 4 is 40.9 Å². The Bertz CT molecular complexity index is 2260. The van der Waals surface area contributed by atoms with E-state index in [-0.39, 0.29) is 54.2 Å². The molecule has 0 radical (unpaired) electrons. The van der Waals surface area contributed by atoms with Crippen LogP contribution in [0.3, 0.4) is 0 Å². The van der Waals surface area contributed by atoms with Gasteiger partial charge < -0.3 is 30.7 Å². The number of halogens is 4. The van der Waals surface area contributed by atoms with Gasteiger partial charge in [-0.25, -0.2) is 18.4 Å². The van der Waals surface area contributed by atoms with Crippen molar-refractivity contribution in [3.8, 4) is 0 Å². The van der Waals surface area contributed by atoms with Gasteiger partial charge in [-0.15, -0.1) is 0 Å². The first-order valence-corrected chi connectivity index (χ1v) is 20.6. The van der Waals surface area contributed by atoms with Crippen LogP contribution in [-0.4, -0.2) is 135 Å². The fourth-order valence-electron chi connectivity index (χ4n) is 6.97. The molecule has 0 saturated carbocycles. The zero-order valence-corrected chi connectivity index (χ0v) is 36.0. The van der Waals surface area contributed by atoms with E-state index in [0.29, 0.717) is 37.4 Å². The SMILES string of the molecule is Cc1cccc(N(Cc2ccc(C(=O)CN)cc2F)C(=O)N2CCN(C)CC2)c1.Cc1cccc(N(Cc2ccc(C(=O)CNC(=O)C(F)F)cc2F)C(=O)N2CCN(C)CC2)c1. The number of Topliss-reactive ketones (excluding diaryl/α,β-unsaturated/α-hetero) is 2. The van der Waals surface area contributed by atoms with Crippen LogP contribution in [0.1, 0.15) is 43.0 Å². The van der Waals surface area contributed by atoms with E-state index in [0.717, 1.165) is 49.1 Å². The molecule has 2 aliphatic heterocycles. The zero-order valence-electron chi connectivity index (χ0n) is 36.0. The van der Waals surface area contributed by atoms with E-state index in [1.807, 2.05) is 70.4 Å². The molecule has 0 atom stereocenters. The van der Waals surface area contributed by atoms with Gasteiger partial charge in [0.15, 0.2) is 11.6 Å². The Morgan fingerprint density at radius 2 is 1.03 bits per heavy atom. The Morgan fingerprint density at radius 3 is 1.40 bits per heavy atom. The number of hydrogen-bond donors (Lipinski definition) is 2. The molecule has 0 spiro atoms. The number of alkyl halides is 2. The largest absolute Gasteiger partial charge is 0.344 e. The standard InChI is InChI=1S/C24H27F3N4O3.C22H27FN4O2/c1-16-4-3-5-19(12-16)31(24(34)30-10-8-29(2)9-11-30)15-18-7-6-17(13-20(18)25)21(32)14-28-23(33)22(26)27;1-16-4-3-5-19(12-16)27(22(29)26-10-8-25(2)9-11-26)15-18-7-6-17(13-20(18)23)21(28)14-24/h3-7,12-13,22H,8-11,14-15H2,1-2H3,(H,28,33);3-7,12-13H,8-11,14-15,24H2,1-2H3. The summed E-state index contributed by atoms with van der Waals surface area (Å²) in [6, 6.07) is 22.6. The summed E-state index contributed by atoms with van der Waals surface area (Å²) in [6.45, 7) is 8.48. The molecule has 2 fully saturated rings. The van der Waals surface area contributed by atoms with E-state index in [1.165, 1.54) is 23.1 Å². The van der Waals surface area contributed by atoms with Crippen LogP contribution < -0.4 is 20.9 Å². The topological polar surface area (TPSA) is 143 Å². The van der Waals surface area contributed by atoms with Crippen LogP contribution in [0, 0.1) is 25.5 Å². The van der Waals surface area contributed by atoms with Crippen molar-refractivity contribution in [2.75, 3.05) is 89.3 Å². The fraction of sp³-hybridized carbons (Fsp3) is 0.370. The number of urea groups is 2. The van der Waals surface area contributed by atoms with Crippen LogP contribution in [0.25, 0.3) is 0 Å². The summed E-state index contributed by atoms with van der Waals surface area (Å²) in [5.41, 5.74) is 9.38. The monoisotopic (exact) mass is 874 g/mol. The van der Waals surface area contributed by atoms with Crippen LogP contribution in [0.2, 0.25) is 0 Å². The predicted molar refractivity (Wildman–Crippen MR) is 233 cm³/mol. The molecule has 4 aromatic carbocycles. The van der Waals surface area contributed by atoms with Gasteiger partial charge in [0.05, 0.1) is 26.2 Å². The maximum absolute atomic E-state index is 14.9. The van der Waals surface area contributed by atoms with Gasteiger partial charge in [0.1, 0.15) is 11.6 Å². The molecule has 13 nitrogen and oxygen atoms in total. The Kier molecular flexibility index (Phi) is 16.9. The van der Waals surface area contributed by atoms with Crippen molar-refractivity contribution in [2.24, 2.45) is 5.73 Å². The molecule has 2 heterocycles. The first-order valence-electron chi connectivity index (χ1n) is 20.6. The second-order valence-corrected chi connectivity index (χ2v) is 15.7. The molecular formula is C46H54F4N8O5. The summed E-state index contributed by atoms with van der Waals surface area (Å²) in [5.74, 6) is -3.83. The van der Waals surface area contributed by atoms with Gasteiger partial charge >= 0.3 is 18.5 Å². The number of amides is 5. The normalized spacial score (nSPS) is 14.4. The van der Waals surface area contributed by atoms with Gasteiger partial charge in [-0.3, -0.25) is 24.2 Å². The first-order chi connectivity index (χ1) is 30.0. The predicted octanol–water partition coefficient (Wildman–Crippen LogP) is 5.72. The first kappa shape index (κ1) is 47.9. The summed E-state index contributed by atoms with van der Waals surface area (Å²) in [7, 11) is 4.01. The van der Waals surface area contributed by atoms with E-state index >= 15 is 0 Å². The van der Waals surface area contributed by atoms with Crippen LogP contribution in [0.5, 0.6) is 0 Å². The minimum Gasteiger partial charge on any atom is -0.344 e. The van der Waals surface area contributed by atoms with E-state index < -0.39 is 36.3 Å². The molecule has 5 amide bonds. The third-order valence-electron chi connectivity index (χ3n) is 10.8. The molecule has 2 aliphatic rings. The number of piperazine rings is 2. The minimum atomic E-state index is -3.24. The Morgan fingerprint density at radius 1 is 0.619 bits per heavy atom. The quantitative estimate of drug-likeness (QED) is 0.136. The second-order valence-electron chi connectivity index (χ2n) is 15.7. The summed E-state index contributed by atoms with van der Waals surface area (Å²) in [4.78, 5) is 72.4. The van der Waals surface area contributed by atoms with Crippen LogP contribution in [0.4, 0.5) is 38.5 Å². The molecule has 0 unspecified atom stereocenters. The molecule has 336 valence electrons. The molecule has 3 N–H and O–H groups in total. The number of anilines is 2. The van der Waals surface area contributed by atoms with Gasteiger partial charge in [-0.1, -0.05) is 48.5 Å². The molecule has 0 aliphatic carbocycles. The lowest BCUT2D eigenvalue weighted by molar-refractivity contribution is -0.131. The van der Waals surface area contributed by atoms with Crippen molar-refractivity contribution in [2.45, 2.75) is 33.4 Å². The Balaban J connectivity index is 0.000000240. The molecule has 0 aromatic heterocycles. The fourth-order valence-corrected chi connectivity index (χ4v) is 6.97. The average Bonchev–Trinajstić information content (AvgIpc) is 3.27. The van der Waals surface area contributed by atoms with Gasteiger partial charge in [0, 0.05) is 86.0 Å².